The Morgan fingerprint density at radius 1 is 1.00 bits per heavy atom. The third kappa shape index (κ3) is 8.55. The zero-order valence-electron chi connectivity index (χ0n) is 15.7. The zero-order chi connectivity index (χ0) is 19.5. The van der Waals surface area contributed by atoms with Gasteiger partial charge in [0.2, 0.25) is 0 Å². The van der Waals surface area contributed by atoms with Gasteiger partial charge >= 0.3 is 0 Å². The Bertz CT molecular complexity index is 752. The summed E-state index contributed by atoms with van der Waals surface area (Å²) < 4.78 is 12.9. The Kier molecular flexibility index (Phi) is 10.9. The van der Waals surface area contributed by atoms with Crippen LogP contribution >= 0.6 is 24.0 Å². The lowest BCUT2D eigenvalue weighted by Crippen LogP contribution is -2.41. The summed E-state index contributed by atoms with van der Waals surface area (Å²) in [5.41, 5.74) is 1.52. The largest absolute Gasteiger partial charge is 0.508 e. The number of phenols is 1. The zero-order valence-corrected chi connectivity index (χ0v) is 18.1. The van der Waals surface area contributed by atoms with Crippen LogP contribution in [-0.2, 0) is 6.42 Å². The van der Waals surface area contributed by atoms with Gasteiger partial charge in [-0.2, -0.15) is 0 Å². The summed E-state index contributed by atoms with van der Waals surface area (Å²) >= 11 is 0. The van der Waals surface area contributed by atoms with Crippen LogP contribution < -0.4 is 16.0 Å². The number of carbonyl (C=O) groups is 1. The number of guanidine groups is 1. The Morgan fingerprint density at radius 3 is 2.29 bits per heavy atom. The SMILES string of the molecule is CCNC(=NCCc1ccc(F)cc1)NCCNC(=O)c1ccc(O)cc1.I. The van der Waals surface area contributed by atoms with Crippen LogP contribution in [0.2, 0.25) is 0 Å². The van der Waals surface area contributed by atoms with E-state index in [4.69, 9.17) is 0 Å². The maximum Gasteiger partial charge on any atom is 0.251 e. The molecule has 2 aromatic carbocycles. The smallest absolute Gasteiger partial charge is 0.251 e. The van der Waals surface area contributed by atoms with Crippen molar-refractivity contribution in [3.05, 3.63) is 65.5 Å². The molecule has 0 aliphatic heterocycles. The number of nitrogens with zero attached hydrogens (tertiary/aromatic N) is 1. The van der Waals surface area contributed by atoms with Gasteiger partial charge < -0.3 is 21.1 Å². The summed E-state index contributed by atoms with van der Waals surface area (Å²) in [6.07, 6.45) is 0.717. The van der Waals surface area contributed by atoms with E-state index in [1.54, 1.807) is 24.3 Å². The number of aliphatic imine (C=N–C) groups is 1. The molecule has 0 aromatic heterocycles. The number of hydrogen-bond acceptors (Lipinski definition) is 3. The molecule has 0 spiro atoms. The molecular weight excluding hydrogens is 474 g/mol. The third-order valence-corrected chi connectivity index (χ3v) is 3.76. The van der Waals surface area contributed by atoms with Crippen molar-refractivity contribution < 1.29 is 14.3 Å². The van der Waals surface area contributed by atoms with Crippen LogP contribution in [0.4, 0.5) is 4.39 Å². The lowest BCUT2D eigenvalue weighted by Gasteiger charge is -2.12. The van der Waals surface area contributed by atoms with Crippen LogP contribution in [0.15, 0.2) is 53.5 Å². The number of benzene rings is 2. The highest BCUT2D eigenvalue weighted by molar-refractivity contribution is 14.0. The summed E-state index contributed by atoms with van der Waals surface area (Å²) in [6.45, 7) is 4.22. The van der Waals surface area contributed by atoms with E-state index in [0.29, 0.717) is 37.6 Å². The first-order valence-electron chi connectivity index (χ1n) is 8.92. The van der Waals surface area contributed by atoms with Crippen LogP contribution in [0, 0.1) is 5.82 Å². The topological polar surface area (TPSA) is 85.8 Å². The van der Waals surface area contributed by atoms with Gasteiger partial charge in [0.1, 0.15) is 11.6 Å². The van der Waals surface area contributed by atoms with Gasteiger partial charge in [-0.05, 0) is 55.3 Å². The van der Waals surface area contributed by atoms with Gasteiger partial charge in [-0.1, -0.05) is 12.1 Å². The number of phenolic OH excluding ortho intramolecular Hbond substituents is 1. The van der Waals surface area contributed by atoms with Crippen LogP contribution in [-0.4, -0.2) is 43.2 Å². The summed E-state index contributed by atoms with van der Waals surface area (Å²) in [5.74, 6) is 0.348. The molecule has 28 heavy (non-hydrogen) atoms. The molecule has 2 aromatic rings. The van der Waals surface area contributed by atoms with E-state index >= 15 is 0 Å². The standard InChI is InChI=1S/C20H25FN4O2.HI/c1-2-22-20(24-12-11-15-3-7-17(21)8-4-15)25-14-13-23-19(27)16-5-9-18(26)10-6-16;/h3-10,26H,2,11-14H2,1H3,(H,23,27)(H2,22,24,25);1H. The van der Waals surface area contributed by atoms with Crippen LogP contribution in [0.1, 0.15) is 22.8 Å². The molecule has 0 atom stereocenters. The molecule has 1 amide bonds. The minimum absolute atomic E-state index is 0. The van der Waals surface area contributed by atoms with Crippen molar-refractivity contribution in [1.29, 1.82) is 0 Å². The normalized spacial score (nSPS) is 10.7. The molecule has 0 radical (unpaired) electrons. The van der Waals surface area contributed by atoms with E-state index in [9.17, 15) is 14.3 Å². The fourth-order valence-corrected chi connectivity index (χ4v) is 2.36. The second kappa shape index (κ2) is 12.9. The molecule has 0 saturated carbocycles. The monoisotopic (exact) mass is 500 g/mol. The van der Waals surface area contributed by atoms with Gasteiger partial charge in [-0.3, -0.25) is 9.79 Å². The lowest BCUT2D eigenvalue weighted by atomic mass is 10.1. The number of aromatic hydroxyl groups is 1. The minimum Gasteiger partial charge on any atom is -0.508 e. The van der Waals surface area contributed by atoms with E-state index in [1.807, 2.05) is 6.92 Å². The Hall–Kier alpha value is -2.36. The maximum absolute atomic E-state index is 12.9. The van der Waals surface area contributed by atoms with Crippen molar-refractivity contribution in [2.24, 2.45) is 4.99 Å². The van der Waals surface area contributed by atoms with Gasteiger partial charge in [-0.25, -0.2) is 4.39 Å². The molecule has 0 saturated heterocycles. The van der Waals surface area contributed by atoms with E-state index < -0.39 is 0 Å². The van der Waals surface area contributed by atoms with Gasteiger partial charge in [0.25, 0.3) is 5.91 Å². The molecular formula is C20H26FIN4O2. The predicted molar refractivity (Wildman–Crippen MR) is 120 cm³/mol. The highest BCUT2D eigenvalue weighted by Gasteiger charge is 2.04. The lowest BCUT2D eigenvalue weighted by molar-refractivity contribution is 0.0954. The minimum atomic E-state index is -0.244. The number of amides is 1. The molecule has 0 aliphatic rings. The quantitative estimate of drug-likeness (QED) is 0.194. The molecule has 152 valence electrons. The van der Waals surface area contributed by atoms with E-state index in [-0.39, 0.29) is 41.5 Å². The fourth-order valence-electron chi connectivity index (χ4n) is 2.36. The number of rotatable bonds is 8. The summed E-state index contributed by atoms with van der Waals surface area (Å²) in [7, 11) is 0. The molecule has 6 nitrogen and oxygen atoms in total. The van der Waals surface area contributed by atoms with Crippen LogP contribution in [0.3, 0.4) is 0 Å². The molecule has 0 bridgehead atoms. The Balaban J connectivity index is 0.00000392. The van der Waals surface area contributed by atoms with E-state index in [0.717, 1.165) is 12.1 Å². The van der Waals surface area contributed by atoms with E-state index in [1.165, 1.54) is 24.3 Å². The van der Waals surface area contributed by atoms with Gasteiger partial charge in [0.15, 0.2) is 5.96 Å². The second-order valence-electron chi connectivity index (χ2n) is 5.87. The summed E-state index contributed by atoms with van der Waals surface area (Å²) in [4.78, 5) is 16.5. The number of nitrogens with one attached hydrogen (secondary N) is 3. The highest BCUT2D eigenvalue weighted by atomic mass is 127. The van der Waals surface area contributed by atoms with Crippen molar-refractivity contribution in [3.63, 3.8) is 0 Å². The third-order valence-electron chi connectivity index (χ3n) is 3.76. The molecule has 0 unspecified atom stereocenters. The summed E-state index contributed by atoms with van der Waals surface area (Å²) in [6, 6.07) is 12.5. The van der Waals surface area contributed by atoms with Crippen molar-refractivity contribution in [3.8, 4) is 5.75 Å². The Labute approximate surface area is 181 Å². The number of halogens is 2. The van der Waals surface area contributed by atoms with Crippen molar-refractivity contribution in [2.75, 3.05) is 26.2 Å². The fraction of sp³-hybridized carbons (Fsp3) is 0.300. The first-order chi connectivity index (χ1) is 13.1. The van der Waals surface area contributed by atoms with Crippen molar-refractivity contribution in [2.45, 2.75) is 13.3 Å². The van der Waals surface area contributed by atoms with Gasteiger partial charge in [0.05, 0.1) is 0 Å². The average molecular weight is 500 g/mol. The number of hydrogen-bond donors (Lipinski definition) is 4. The number of carbonyl (C=O) groups excluding carboxylic acids is 1. The molecule has 0 aliphatic carbocycles. The highest BCUT2D eigenvalue weighted by Crippen LogP contribution is 2.09. The van der Waals surface area contributed by atoms with Gasteiger partial charge in [0, 0.05) is 31.7 Å². The average Bonchev–Trinajstić information content (AvgIpc) is 2.67. The van der Waals surface area contributed by atoms with Crippen molar-refractivity contribution >= 4 is 35.8 Å². The van der Waals surface area contributed by atoms with Gasteiger partial charge in [-0.15, -0.1) is 24.0 Å². The maximum atomic E-state index is 12.9. The summed E-state index contributed by atoms with van der Waals surface area (Å²) in [5, 5.41) is 18.3. The molecule has 2 rings (SSSR count). The molecule has 0 fully saturated rings. The second-order valence-corrected chi connectivity index (χ2v) is 5.87. The molecule has 8 heteroatoms. The molecule has 0 heterocycles. The van der Waals surface area contributed by atoms with E-state index in [2.05, 4.69) is 20.9 Å². The predicted octanol–water partition coefficient (Wildman–Crippen LogP) is 2.68. The Morgan fingerprint density at radius 2 is 1.64 bits per heavy atom. The first-order valence-corrected chi connectivity index (χ1v) is 8.92. The van der Waals surface area contributed by atoms with Crippen molar-refractivity contribution in [1.82, 2.24) is 16.0 Å². The first kappa shape index (κ1) is 23.7. The molecule has 4 N–H and O–H groups in total. The van der Waals surface area contributed by atoms with Crippen LogP contribution in [0.5, 0.6) is 5.75 Å². The van der Waals surface area contributed by atoms with Crippen LogP contribution in [0.25, 0.3) is 0 Å².